The van der Waals surface area contributed by atoms with Crippen molar-refractivity contribution in [3.63, 3.8) is 0 Å². The van der Waals surface area contributed by atoms with E-state index in [-0.39, 0.29) is 17.8 Å². The maximum atomic E-state index is 12.1. The van der Waals surface area contributed by atoms with Crippen LogP contribution in [0.3, 0.4) is 0 Å². The molecule has 1 unspecified atom stereocenters. The maximum Gasteiger partial charge on any atom is 0.337 e. The Hall–Kier alpha value is -3.02. The largest absolute Gasteiger partial charge is 0.486 e. The highest BCUT2D eigenvalue weighted by Gasteiger charge is 2.29. The number of esters is 1. The minimum Gasteiger partial charge on any atom is -0.486 e. The fourth-order valence-electron chi connectivity index (χ4n) is 3.26. The Morgan fingerprint density at radius 1 is 1.12 bits per heavy atom. The molecule has 0 spiro atoms. The summed E-state index contributed by atoms with van der Waals surface area (Å²) in [6.07, 6.45) is 0.338. The van der Waals surface area contributed by atoms with Crippen molar-refractivity contribution in [3.05, 3.63) is 53.1 Å². The van der Waals surface area contributed by atoms with Crippen LogP contribution in [-0.2, 0) is 9.53 Å². The van der Waals surface area contributed by atoms with Gasteiger partial charge in [0.1, 0.15) is 13.2 Å². The molecule has 25 heavy (non-hydrogen) atoms. The summed E-state index contributed by atoms with van der Waals surface area (Å²) in [4.78, 5) is 23.7. The van der Waals surface area contributed by atoms with E-state index >= 15 is 0 Å². The van der Waals surface area contributed by atoms with Gasteiger partial charge in [0.15, 0.2) is 11.5 Å². The van der Waals surface area contributed by atoms with Crippen molar-refractivity contribution in [3.8, 4) is 11.5 Å². The molecule has 0 radical (unpaired) electrons. The number of ether oxygens (including phenoxy) is 3. The van der Waals surface area contributed by atoms with Gasteiger partial charge in [0.05, 0.1) is 12.7 Å². The number of anilines is 1. The summed E-state index contributed by atoms with van der Waals surface area (Å²) < 4.78 is 16.0. The monoisotopic (exact) mass is 339 g/mol. The minimum atomic E-state index is -0.382. The Labute approximate surface area is 144 Å². The lowest BCUT2D eigenvalue weighted by Crippen LogP contribution is -2.24. The van der Waals surface area contributed by atoms with E-state index < -0.39 is 0 Å². The summed E-state index contributed by atoms with van der Waals surface area (Å²) in [7, 11) is 1.35. The van der Waals surface area contributed by atoms with E-state index in [1.165, 1.54) is 7.11 Å². The molecule has 0 aromatic heterocycles. The van der Waals surface area contributed by atoms with E-state index in [4.69, 9.17) is 14.2 Å². The summed E-state index contributed by atoms with van der Waals surface area (Å²) in [5.74, 6) is 0.801. The number of hydrogen-bond donors (Lipinski definition) is 1. The van der Waals surface area contributed by atoms with Gasteiger partial charge in [0.2, 0.25) is 5.91 Å². The van der Waals surface area contributed by atoms with Crippen LogP contribution in [0.4, 0.5) is 5.69 Å². The first-order chi connectivity index (χ1) is 12.2. The number of rotatable bonds is 2. The summed E-state index contributed by atoms with van der Waals surface area (Å²) in [5, 5.41) is 2.90. The molecule has 0 saturated heterocycles. The molecule has 2 heterocycles. The van der Waals surface area contributed by atoms with Gasteiger partial charge in [0, 0.05) is 24.1 Å². The normalized spacial score (nSPS) is 18.1. The van der Waals surface area contributed by atoms with Crippen molar-refractivity contribution in [2.45, 2.75) is 12.3 Å². The summed E-state index contributed by atoms with van der Waals surface area (Å²) >= 11 is 0. The highest BCUT2D eigenvalue weighted by molar-refractivity contribution is 5.96. The lowest BCUT2D eigenvalue weighted by atomic mass is 9.84. The summed E-state index contributed by atoms with van der Waals surface area (Å²) in [6.45, 7) is 1.01. The Morgan fingerprint density at radius 2 is 1.80 bits per heavy atom. The molecule has 0 aliphatic carbocycles. The molecule has 2 aromatic rings. The summed E-state index contributed by atoms with van der Waals surface area (Å²) in [6, 6.07) is 10.9. The Bertz CT molecular complexity index is 844. The quantitative estimate of drug-likeness (QED) is 0.852. The van der Waals surface area contributed by atoms with Crippen molar-refractivity contribution >= 4 is 17.6 Å². The van der Waals surface area contributed by atoms with E-state index in [2.05, 4.69) is 5.32 Å². The zero-order valence-electron chi connectivity index (χ0n) is 13.7. The number of fused-ring (bicyclic) bond motifs is 2. The molecule has 1 amide bonds. The van der Waals surface area contributed by atoms with Crippen LogP contribution in [0, 0.1) is 0 Å². The molecule has 6 nitrogen and oxygen atoms in total. The number of amides is 1. The molecular weight excluding hydrogens is 322 g/mol. The van der Waals surface area contributed by atoms with Gasteiger partial charge in [-0.2, -0.15) is 0 Å². The van der Waals surface area contributed by atoms with Gasteiger partial charge < -0.3 is 19.5 Å². The second kappa shape index (κ2) is 6.12. The third-order valence-electron chi connectivity index (χ3n) is 4.49. The van der Waals surface area contributed by atoms with Gasteiger partial charge in [-0.1, -0.05) is 12.1 Å². The fraction of sp³-hybridized carbons (Fsp3) is 0.263. The smallest absolute Gasteiger partial charge is 0.337 e. The van der Waals surface area contributed by atoms with E-state index in [9.17, 15) is 9.59 Å². The van der Waals surface area contributed by atoms with Crippen LogP contribution >= 0.6 is 0 Å². The second-order valence-electron chi connectivity index (χ2n) is 6.00. The van der Waals surface area contributed by atoms with Gasteiger partial charge in [0.25, 0.3) is 0 Å². The van der Waals surface area contributed by atoms with Crippen molar-refractivity contribution in [1.29, 1.82) is 0 Å². The van der Waals surface area contributed by atoms with Gasteiger partial charge >= 0.3 is 5.97 Å². The fourth-order valence-corrected chi connectivity index (χ4v) is 3.26. The molecule has 1 atom stereocenters. The van der Waals surface area contributed by atoms with Crippen LogP contribution in [-0.4, -0.2) is 32.2 Å². The van der Waals surface area contributed by atoms with Crippen LogP contribution in [0.25, 0.3) is 0 Å². The molecule has 0 bridgehead atoms. The Morgan fingerprint density at radius 3 is 2.48 bits per heavy atom. The van der Waals surface area contributed by atoms with Crippen LogP contribution in [0.15, 0.2) is 36.4 Å². The SMILES string of the molecule is COC(=O)c1ccc(C2CC(=O)Nc3cc4c(cc32)OCCO4)cc1. The number of methoxy groups -OCH3 is 1. The molecule has 2 aromatic carbocycles. The number of nitrogens with one attached hydrogen (secondary N) is 1. The van der Waals surface area contributed by atoms with Crippen molar-refractivity contribution in [1.82, 2.24) is 0 Å². The van der Waals surface area contributed by atoms with Crippen molar-refractivity contribution < 1.29 is 23.8 Å². The molecule has 2 aliphatic heterocycles. The molecule has 128 valence electrons. The highest BCUT2D eigenvalue weighted by atomic mass is 16.6. The zero-order chi connectivity index (χ0) is 17.4. The maximum absolute atomic E-state index is 12.1. The first-order valence-corrected chi connectivity index (χ1v) is 8.07. The number of benzene rings is 2. The van der Waals surface area contributed by atoms with Gasteiger partial charge in [-0.05, 0) is 29.3 Å². The van der Waals surface area contributed by atoms with Crippen LogP contribution in [0.2, 0.25) is 0 Å². The number of hydrogen-bond acceptors (Lipinski definition) is 5. The average molecular weight is 339 g/mol. The average Bonchev–Trinajstić information content (AvgIpc) is 2.65. The Kier molecular flexibility index (Phi) is 3.80. The van der Waals surface area contributed by atoms with Gasteiger partial charge in [-0.25, -0.2) is 4.79 Å². The van der Waals surface area contributed by atoms with E-state index in [0.29, 0.717) is 36.7 Å². The van der Waals surface area contributed by atoms with Crippen LogP contribution in [0.1, 0.15) is 33.8 Å². The lowest BCUT2D eigenvalue weighted by Gasteiger charge is -2.29. The van der Waals surface area contributed by atoms with Gasteiger partial charge in [-0.15, -0.1) is 0 Å². The number of carbonyl (C=O) groups is 2. The highest BCUT2D eigenvalue weighted by Crippen LogP contribution is 2.43. The standard InChI is InChI=1S/C19H17NO5/c1-23-19(22)12-4-2-11(3-5-12)13-9-18(21)20-15-10-17-16(8-14(13)15)24-6-7-25-17/h2-5,8,10,13H,6-7,9H2,1H3,(H,20,21). The number of carbonyl (C=O) groups excluding carboxylic acids is 2. The first-order valence-electron chi connectivity index (χ1n) is 8.07. The lowest BCUT2D eigenvalue weighted by molar-refractivity contribution is -0.116. The molecule has 0 saturated carbocycles. The molecule has 6 heteroatoms. The van der Waals surface area contributed by atoms with Crippen LogP contribution < -0.4 is 14.8 Å². The third-order valence-corrected chi connectivity index (χ3v) is 4.49. The molecule has 0 fully saturated rings. The topological polar surface area (TPSA) is 73.9 Å². The molecule has 1 N–H and O–H groups in total. The van der Waals surface area contributed by atoms with E-state index in [0.717, 1.165) is 16.8 Å². The van der Waals surface area contributed by atoms with Gasteiger partial charge in [-0.3, -0.25) is 4.79 Å². The molecule has 4 rings (SSSR count). The predicted molar refractivity (Wildman–Crippen MR) is 90.3 cm³/mol. The molecule has 2 aliphatic rings. The van der Waals surface area contributed by atoms with Crippen molar-refractivity contribution in [2.75, 3.05) is 25.6 Å². The van der Waals surface area contributed by atoms with E-state index in [1.54, 1.807) is 12.1 Å². The second-order valence-corrected chi connectivity index (χ2v) is 6.00. The van der Waals surface area contributed by atoms with Crippen LogP contribution in [0.5, 0.6) is 11.5 Å². The predicted octanol–water partition coefficient (Wildman–Crippen LogP) is 2.72. The summed E-state index contributed by atoms with van der Waals surface area (Å²) in [5.41, 5.74) is 3.16. The Balaban J connectivity index is 1.74. The molecular formula is C19H17NO5. The zero-order valence-corrected chi connectivity index (χ0v) is 13.7. The first kappa shape index (κ1) is 15.5. The minimum absolute atomic E-state index is 0.0498. The van der Waals surface area contributed by atoms with E-state index in [1.807, 2.05) is 24.3 Å². The van der Waals surface area contributed by atoms with Crippen molar-refractivity contribution in [2.24, 2.45) is 0 Å². The third kappa shape index (κ3) is 2.80.